The summed E-state index contributed by atoms with van der Waals surface area (Å²) in [6.07, 6.45) is -1.68. The lowest BCUT2D eigenvalue weighted by atomic mass is 9.96. The van der Waals surface area contributed by atoms with Crippen LogP contribution in [-0.4, -0.2) is 46.1 Å². The molecule has 2 heterocycles. The van der Waals surface area contributed by atoms with Gasteiger partial charge in [-0.1, -0.05) is 0 Å². The minimum Gasteiger partial charge on any atom is -0.481 e. The van der Waals surface area contributed by atoms with Crippen molar-refractivity contribution in [1.82, 2.24) is 9.88 Å². The van der Waals surface area contributed by atoms with E-state index in [1.54, 1.807) is 13.1 Å². The number of halogens is 3. The quantitative estimate of drug-likeness (QED) is 0.870. The Morgan fingerprint density at radius 2 is 2.00 bits per heavy atom. The number of nitrogens with zero attached hydrogens (tertiary/aromatic N) is 1. The van der Waals surface area contributed by atoms with Crippen molar-refractivity contribution in [3.05, 3.63) is 23.5 Å². The third-order valence-corrected chi connectivity index (χ3v) is 3.53. The lowest BCUT2D eigenvalue weighted by molar-refractivity contribution is -0.187. The van der Waals surface area contributed by atoms with Gasteiger partial charge in [0.2, 0.25) is 0 Å². The van der Waals surface area contributed by atoms with E-state index in [0.717, 1.165) is 4.90 Å². The number of H-pyrrole nitrogens is 1. The number of carbonyl (C=O) groups is 2. The summed E-state index contributed by atoms with van der Waals surface area (Å²) >= 11 is 0. The van der Waals surface area contributed by atoms with Gasteiger partial charge in [-0.25, -0.2) is 0 Å². The van der Waals surface area contributed by atoms with Gasteiger partial charge in [-0.3, -0.25) is 9.59 Å². The average Bonchev–Trinajstić information content (AvgIpc) is 2.92. The Kier molecular flexibility index (Phi) is 3.49. The SMILES string of the molecule is Cc1c[nH]cc1C(=O)N1C[C@@H](C(F)(F)F)[C@H](C(=O)O)C1. The van der Waals surface area contributed by atoms with Gasteiger partial charge in [-0.05, 0) is 12.5 Å². The summed E-state index contributed by atoms with van der Waals surface area (Å²) in [5.41, 5.74) is 0.870. The van der Waals surface area contributed by atoms with Crippen LogP contribution in [0.1, 0.15) is 15.9 Å². The van der Waals surface area contributed by atoms with Crippen molar-refractivity contribution in [3.63, 3.8) is 0 Å². The number of carbonyl (C=O) groups excluding carboxylic acids is 1. The van der Waals surface area contributed by atoms with E-state index >= 15 is 0 Å². The van der Waals surface area contributed by atoms with E-state index in [4.69, 9.17) is 5.11 Å². The number of alkyl halides is 3. The molecule has 2 atom stereocenters. The van der Waals surface area contributed by atoms with Gasteiger partial charge in [0.1, 0.15) is 0 Å². The highest BCUT2D eigenvalue weighted by molar-refractivity contribution is 5.96. The fraction of sp³-hybridized carbons (Fsp3) is 0.500. The highest BCUT2D eigenvalue weighted by Gasteiger charge is 2.53. The summed E-state index contributed by atoms with van der Waals surface area (Å²) in [6.45, 7) is 0.600. The number of carboxylic acid groups (broad SMARTS) is 1. The van der Waals surface area contributed by atoms with Gasteiger partial charge in [0, 0.05) is 25.5 Å². The maximum absolute atomic E-state index is 12.8. The van der Waals surface area contributed by atoms with Gasteiger partial charge in [0.15, 0.2) is 0 Å². The van der Waals surface area contributed by atoms with Crippen molar-refractivity contribution in [3.8, 4) is 0 Å². The molecule has 1 saturated heterocycles. The summed E-state index contributed by atoms with van der Waals surface area (Å²) in [7, 11) is 0. The molecule has 1 aromatic rings. The van der Waals surface area contributed by atoms with Gasteiger partial charge < -0.3 is 15.0 Å². The maximum Gasteiger partial charge on any atom is 0.394 e. The number of likely N-dealkylation sites (tertiary alicyclic amines) is 1. The van der Waals surface area contributed by atoms with Crippen LogP contribution in [0.4, 0.5) is 13.2 Å². The summed E-state index contributed by atoms with van der Waals surface area (Å²) in [6, 6.07) is 0. The molecule has 0 aromatic carbocycles. The first-order valence-electron chi connectivity index (χ1n) is 5.94. The first-order chi connectivity index (χ1) is 9.21. The zero-order valence-corrected chi connectivity index (χ0v) is 10.6. The number of nitrogens with one attached hydrogen (secondary N) is 1. The standard InChI is InChI=1S/C12H13F3N2O3/c1-6-2-16-3-7(6)10(18)17-4-8(11(19)20)9(5-17)12(13,14)15/h2-3,8-9,16H,4-5H2,1H3,(H,19,20)/t8-,9-/m1/s1. The Hall–Kier alpha value is -1.99. The van der Waals surface area contributed by atoms with Crippen LogP contribution < -0.4 is 0 Å². The molecule has 0 spiro atoms. The molecular formula is C12H13F3N2O3. The zero-order chi connectivity index (χ0) is 15.1. The molecule has 8 heteroatoms. The Labute approximate surface area is 112 Å². The van der Waals surface area contributed by atoms with E-state index < -0.39 is 43.0 Å². The smallest absolute Gasteiger partial charge is 0.394 e. The van der Waals surface area contributed by atoms with Gasteiger partial charge in [0.25, 0.3) is 5.91 Å². The number of aliphatic carboxylic acids is 1. The van der Waals surface area contributed by atoms with E-state index in [9.17, 15) is 22.8 Å². The Morgan fingerprint density at radius 1 is 1.35 bits per heavy atom. The lowest BCUT2D eigenvalue weighted by Crippen LogP contribution is -2.34. The number of rotatable bonds is 2. The highest BCUT2D eigenvalue weighted by atomic mass is 19.4. The second-order valence-electron chi connectivity index (χ2n) is 4.86. The van der Waals surface area contributed by atoms with Crippen molar-refractivity contribution in [1.29, 1.82) is 0 Å². The maximum atomic E-state index is 12.8. The number of aryl methyl sites for hydroxylation is 1. The molecule has 5 nitrogen and oxygen atoms in total. The summed E-state index contributed by atoms with van der Waals surface area (Å²) in [4.78, 5) is 26.7. The van der Waals surface area contributed by atoms with Crippen LogP contribution in [0.15, 0.2) is 12.4 Å². The monoisotopic (exact) mass is 290 g/mol. The van der Waals surface area contributed by atoms with Crippen LogP contribution in [-0.2, 0) is 4.79 Å². The van der Waals surface area contributed by atoms with E-state index in [0.29, 0.717) is 5.56 Å². The van der Waals surface area contributed by atoms with Crippen molar-refractivity contribution < 1.29 is 27.9 Å². The first-order valence-corrected chi connectivity index (χ1v) is 5.94. The summed E-state index contributed by atoms with van der Waals surface area (Å²) < 4.78 is 38.5. The molecule has 110 valence electrons. The molecule has 0 radical (unpaired) electrons. The van der Waals surface area contributed by atoms with Gasteiger partial charge in [0.05, 0.1) is 17.4 Å². The van der Waals surface area contributed by atoms with Crippen LogP contribution >= 0.6 is 0 Å². The second kappa shape index (κ2) is 4.84. The molecule has 1 aliphatic heterocycles. The average molecular weight is 290 g/mol. The fourth-order valence-electron chi connectivity index (χ4n) is 2.39. The first kappa shape index (κ1) is 14.4. The number of hydrogen-bond donors (Lipinski definition) is 2. The Balaban J connectivity index is 2.22. The third-order valence-electron chi connectivity index (χ3n) is 3.53. The number of carboxylic acids is 1. The molecule has 1 fully saturated rings. The van der Waals surface area contributed by atoms with E-state index in [2.05, 4.69) is 4.98 Å². The summed E-state index contributed by atoms with van der Waals surface area (Å²) in [5.74, 6) is -5.75. The van der Waals surface area contributed by atoms with E-state index in [-0.39, 0.29) is 5.56 Å². The number of hydrogen-bond acceptors (Lipinski definition) is 2. The predicted molar refractivity (Wildman–Crippen MR) is 62.1 cm³/mol. The molecule has 0 unspecified atom stereocenters. The molecule has 2 N–H and O–H groups in total. The van der Waals surface area contributed by atoms with Crippen LogP contribution in [0.25, 0.3) is 0 Å². The van der Waals surface area contributed by atoms with Gasteiger partial charge in [-0.15, -0.1) is 0 Å². The molecular weight excluding hydrogens is 277 g/mol. The van der Waals surface area contributed by atoms with Crippen molar-refractivity contribution in [2.45, 2.75) is 13.1 Å². The Bertz CT molecular complexity index is 538. The van der Waals surface area contributed by atoms with Crippen molar-refractivity contribution >= 4 is 11.9 Å². The molecule has 20 heavy (non-hydrogen) atoms. The molecule has 1 aliphatic rings. The normalized spacial score (nSPS) is 23.1. The van der Waals surface area contributed by atoms with Crippen LogP contribution in [0, 0.1) is 18.8 Å². The van der Waals surface area contributed by atoms with Crippen molar-refractivity contribution in [2.75, 3.05) is 13.1 Å². The minimum absolute atomic E-state index is 0.261. The van der Waals surface area contributed by atoms with E-state index in [1.807, 2.05) is 0 Å². The van der Waals surface area contributed by atoms with Crippen LogP contribution in [0.5, 0.6) is 0 Å². The number of amides is 1. The third kappa shape index (κ3) is 2.50. The highest BCUT2D eigenvalue weighted by Crippen LogP contribution is 2.38. The summed E-state index contributed by atoms with van der Waals surface area (Å²) in [5, 5.41) is 8.89. The predicted octanol–water partition coefficient (Wildman–Crippen LogP) is 1.66. The minimum atomic E-state index is -4.63. The Morgan fingerprint density at radius 3 is 2.40 bits per heavy atom. The molecule has 0 aliphatic carbocycles. The topological polar surface area (TPSA) is 73.4 Å². The zero-order valence-electron chi connectivity index (χ0n) is 10.6. The number of aromatic nitrogens is 1. The molecule has 0 saturated carbocycles. The fourth-order valence-corrected chi connectivity index (χ4v) is 2.39. The van der Waals surface area contributed by atoms with E-state index in [1.165, 1.54) is 6.20 Å². The number of aromatic amines is 1. The van der Waals surface area contributed by atoms with Crippen LogP contribution in [0.3, 0.4) is 0 Å². The van der Waals surface area contributed by atoms with Crippen LogP contribution in [0.2, 0.25) is 0 Å². The van der Waals surface area contributed by atoms with Gasteiger partial charge >= 0.3 is 12.1 Å². The second-order valence-corrected chi connectivity index (χ2v) is 4.86. The molecule has 0 bridgehead atoms. The molecule has 2 rings (SSSR count). The van der Waals surface area contributed by atoms with Gasteiger partial charge in [-0.2, -0.15) is 13.2 Å². The molecule has 1 amide bonds. The lowest BCUT2D eigenvalue weighted by Gasteiger charge is -2.18. The largest absolute Gasteiger partial charge is 0.481 e. The molecule has 1 aromatic heterocycles. The van der Waals surface area contributed by atoms with Crippen molar-refractivity contribution in [2.24, 2.45) is 11.8 Å².